The maximum atomic E-state index is 13.6. The van der Waals surface area contributed by atoms with Crippen molar-refractivity contribution < 1.29 is 9.18 Å². The molecule has 0 aliphatic carbocycles. The van der Waals surface area contributed by atoms with E-state index in [1.807, 2.05) is 36.7 Å². The molecule has 0 radical (unpaired) electrons. The van der Waals surface area contributed by atoms with Crippen LogP contribution in [0.5, 0.6) is 0 Å². The summed E-state index contributed by atoms with van der Waals surface area (Å²) in [5.74, 6) is -0.667. The molecule has 0 bridgehead atoms. The SMILES string of the molecule is Cc1ccc(C(=O)NCc2c(C)nn(Cc3ccccc3)c2C)cc1F. The molecular weight excluding hydrogens is 329 g/mol. The van der Waals surface area contributed by atoms with Crippen LogP contribution in [-0.4, -0.2) is 15.7 Å². The highest BCUT2D eigenvalue weighted by atomic mass is 19.1. The lowest BCUT2D eigenvalue weighted by Gasteiger charge is -2.08. The molecule has 134 valence electrons. The van der Waals surface area contributed by atoms with E-state index >= 15 is 0 Å². The minimum atomic E-state index is -0.374. The van der Waals surface area contributed by atoms with E-state index in [4.69, 9.17) is 0 Å². The van der Waals surface area contributed by atoms with Crippen LogP contribution < -0.4 is 5.32 Å². The second kappa shape index (κ2) is 7.52. The van der Waals surface area contributed by atoms with Gasteiger partial charge in [-0.3, -0.25) is 9.48 Å². The average Bonchev–Trinajstić information content (AvgIpc) is 2.89. The molecule has 2 aromatic carbocycles. The Bertz CT molecular complexity index is 932. The van der Waals surface area contributed by atoms with Crippen LogP contribution >= 0.6 is 0 Å². The normalized spacial score (nSPS) is 10.8. The van der Waals surface area contributed by atoms with Crippen molar-refractivity contribution in [2.45, 2.75) is 33.9 Å². The summed E-state index contributed by atoms with van der Waals surface area (Å²) in [6.07, 6.45) is 0. The highest BCUT2D eigenvalue weighted by Crippen LogP contribution is 2.15. The number of amides is 1. The van der Waals surface area contributed by atoms with E-state index in [0.29, 0.717) is 24.2 Å². The number of rotatable bonds is 5. The molecule has 26 heavy (non-hydrogen) atoms. The predicted octanol–water partition coefficient (Wildman–Crippen LogP) is 3.93. The smallest absolute Gasteiger partial charge is 0.251 e. The third-order valence-corrected chi connectivity index (χ3v) is 4.57. The van der Waals surface area contributed by atoms with E-state index in [1.165, 1.54) is 11.6 Å². The lowest BCUT2D eigenvalue weighted by atomic mass is 10.1. The first-order chi connectivity index (χ1) is 12.5. The summed E-state index contributed by atoms with van der Waals surface area (Å²) in [5.41, 5.74) is 4.90. The van der Waals surface area contributed by atoms with Crippen molar-refractivity contribution in [2.75, 3.05) is 0 Å². The number of aryl methyl sites for hydroxylation is 2. The molecule has 0 spiro atoms. The maximum Gasteiger partial charge on any atom is 0.251 e. The summed E-state index contributed by atoms with van der Waals surface area (Å²) >= 11 is 0. The summed E-state index contributed by atoms with van der Waals surface area (Å²) < 4.78 is 15.6. The van der Waals surface area contributed by atoms with Gasteiger partial charge in [0.15, 0.2) is 0 Å². The Hall–Kier alpha value is -2.95. The van der Waals surface area contributed by atoms with E-state index in [2.05, 4.69) is 22.5 Å². The number of hydrogen-bond acceptors (Lipinski definition) is 2. The fraction of sp³-hybridized carbons (Fsp3) is 0.238. The van der Waals surface area contributed by atoms with Gasteiger partial charge >= 0.3 is 0 Å². The van der Waals surface area contributed by atoms with Crippen molar-refractivity contribution in [2.24, 2.45) is 0 Å². The van der Waals surface area contributed by atoms with Crippen LogP contribution in [0.25, 0.3) is 0 Å². The zero-order valence-corrected chi connectivity index (χ0v) is 15.2. The topological polar surface area (TPSA) is 46.9 Å². The van der Waals surface area contributed by atoms with Gasteiger partial charge in [-0.25, -0.2) is 4.39 Å². The van der Waals surface area contributed by atoms with Gasteiger partial charge in [-0.15, -0.1) is 0 Å². The van der Waals surface area contributed by atoms with Crippen LogP contribution in [0.15, 0.2) is 48.5 Å². The van der Waals surface area contributed by atoms with Crippen LogP contribution in [0.4, 0.5) is 4.39 Å². The van der Waals surface area contributed by atoms with Crippen molar-refractivity contribution in [3.8, 4) is 0 Å². The number of carbonyl (C=O) groups excluding carboxylic acids is 1. The Morgan fingerprint density at radius 2 is 1.85 bits per heavy atom. The zero-order chi connectivity index (χ0) is 18.7. The largest absolute Gasteiger partial charge is 0.348 e. The zero-order valence-electron chi connectivity index (χ0n) is 15.2. The molecule has 0 aliphatic heterocycles. The third-order valence-electron chi connectivity index (χ3n) is 4.57. The van der Waals surface area contributed by atoms with Crippen molar-refractivity contribution >= 4 is 5.91 Å². The molecule has 0 saturated carbocycles. The lowest BCUT2D eigenvalue weighted by molar-refractivity contribution is 0.0950. The van der Waals surface area contributed by atoms with Gasteiger partial charge in [0.2, 0.25) is 0 Å². The molecular formula is C21H22FN3O. The maximum absolute atomic E-state index is 13.6. The fourth-order valence-electron chi connectivity index (χ4n) is 2.90. The molecule has 1 amide bonds. The molecule has 4 nitrogen and oxygen atoms in total. The Morgan fingerprint density at radius 3 is 2.54 bits per heavy atom. The van der Waals surface area contributed by atoms with E-state index in [1.54, 1.807) is 19.1 Å². The second-order valence-corrected chi connectivity index (χ2v) is 6.44. The van der Waals surface area contributed by atoms with Crippen LogP contribution in [-0.2, 0) is 13.1 Å². The second-order valence-electron chi connectivity index (χ2n) is 6.44. The number of hydrogen-bond donors (Lipinski definition) is 1. The summed E-state index contributed by atoms with van der Waals surface area (Å²) in [7, 11) is 0. The molecule has 0 aliphatic rings. The van der Waals surface area contributed by atoms with Gasteiger partial charge in [0, 0.05) is 23.4 Å². The average molecular weight is 351 g/mol. The number of nitrogens with one attached hydrogen (secondary N) is 1. The molecule has 1 heterocycles. The molecule has 1 N–H and O–H groups in total. The highest BCUT2D eigenvalue weighted by Gasteiger charge is 2.14. The first kappa shape index (κ1) is 17.9. The molecule has 0 unspecified atom stereocenters. The molecule has 5 heteroatoms. The summed E-state index contributed by atoms with van der Waals surface area (Å²) in [6, 6.07) is 14.6. The quantitative estimate of drug-likeness (QED) is 0.757. The summed E-state index contributed by atoms with van der Waals surface area (Å²) in [5, 5.41) is 7.45. The minimum absolute atomic E-state index is 0.293. The van der Waals surface area contributed by atoms with Gasteiger partial charge in [0.25, 0.3) is 5.91 Å². The van der Waals surface area contributed by atoms with Crippen molar-refractivity contribution in [1.29, 1.82) is 0 Å². The van der Waals surface area contributed by atoms with Crippen molar-refractivity contribution in [3.05, 3.63) is 88.0 Å². The number of nitrogens with zero attached hydrogens (tertiary/aromatic N) is 2. The fourth-order valence-corrected chi connectivity index (χ4v) is 2.90. The van der Waals surface area contributed by atoms with E-state index in [-0.39, 0.29) is 11.7 Å². The van der Waals surface area contributed by atoms with Gasteiger partial charge < -0.3 is 5.32 Å². The van der Waals surface area contributed by atoms with Gasteiger partial charge in [0.1, 0.15) is 5.82 Å². The number of halogens is 1. The Kier molecular flexibility index (Phi) is 5.16. The minimum Gasteiger partial charge on any atom is -0.348 e. The Labute approximate surface area is 152 Å². The van der Waals surface area contributed by atoms with E-state index in [9.17, 15) is 9.18 Å². The molecule has 0 fully saturated rings. The highest BCUT2D eigenvalue weighted by molar-refractivity contribution is 5.94. The van der Waals surface area contributed by atoms with E-state index in [0.717, 1.165) is 17.0 Å². The van der Waals surface area contributed by atoms with Crippen LogP contribution in [0.1, 0.15) is 38.4 Å². The lowest BCUT2D eigenvalue weighted by Crippen LogP contribution is -2.23. The van der Waals surface area contributed by atoms with Crippen LogP contribution in [0, 0.1) is 26.6 Å². The number of carbonyl (C=O) groups is 1. The van der Waals surface area contributed by atoms with Crippen LogP contribution in [0.3, 0.4) is 0 Å². The first-order valence-corrected chi connectivity index (χ1v) is 8.57. The standard InChI is InChI=1S/C21H22FN3O/c1-14-9-10-18(11-20(14)22)21(26)23-12-19-15(2)24-25(16(19)3)13-17-7-5-4-6-8-17/h4-11H,12-13H2,1-3H3,(H,23,26). The molecule has 3 rings (SSSR count). The van der Waals surface area contributed by atoms with Gasteiger partial charge in [-0.2, -0.15) is 5.10 Å². The Balaban J connectivity index is 1.72. The van der Waals surface area contributed by atoms with Crippen molar-refractivity contribution in [3.63, 3.8) is 0 Å². The number of aromatic nitrogens is 2. The van der Waals surface area contributed by atoms with Gasteiger partial charge in [-0.1, -0.05) is 36.4 Å². The van der Waals surface area contributed by atoms with Crippen molar-refractivity contribution in [1.82, 2.24) is 15.1 Å². The Morgan fingerprint density at radius 1 is 1.12 bits per heavy atom. The molecule has 0 saturated heterocycles. The summed E-state index contributed by atoms with van der Waals surface area (Å²) in [6.45, 7) is 6.65. The molecule has 0 atom stereocenters. The first-order valence-electron chi connectivity index (χ1n) is 8.57. The number of benzene rings is 2. The molecule has 3 aromatic rings. The monoisotopic (exact) mass is 351 g/mol. The van der Waals surface area contributed by atoms with Gasteiger partial charge in [-0.05, 0) is 44.0 Å². The van der Waals surface area contributed by atoms with Gasteiger partial charge in [0.05, 0.1) is 12.2 Å². The predicted molar refractivity (Wildman–Crippen MR) is 99.6 cm³/mol. The van der Waals surface area contributed by atoms with E-state index < -0.39 is 0 Å². The summed E-state index contributed by atoms with van der Waals surface area (Å²) in [4.78, 5) is 12.3. The molecule has 1 aromatic heterocycles. The third kappa shape index (κ3) is 3.82. The van der Waals surface area contributed by atoms with Crippen LogP contribution in [0.2, 0.25) is 0 Å².